The lowest BCUT2D eigenvalue weighted by atomic mass is 9.89. The Morgan fingerprint density at radius 3 is 3.00 bits per heavy atom. The van der Waals surface area contributed by atoms with E-state index in [1.807, 2.05) is 17.4 Å². The molecule has 25 heavy (non-hydrogen) atoms. The van der Waals surface area contributed by atoms with Gasteiger partial charge in [0.1, 0.15) is 30.3 Å². The molecule has 1 aliphatic heterocycles. The first kappa shape index (κ1) is 16.9. The molecule has 2 aromatic heterocycles. The van der Waals surface area contributed by atoms with E-state index in [0.717, 1.165) is 68.2 Å². The summed E-state index contributed by atoms with van der Waals surface area (Å²) < 4.78 is 5.47. The first-order valence-electron chi connectivity index (χ1n) is 9.32. The molecule has 1 saturated heterocycles. The van der Waals surface area contributed by atoms with Crippen LogP contribution in [-0.4, -0.2) is 42.8 Å². The van der Waals surface area contributed by atoms with Crippen LogP contribution in [0.1, 0.15) is 29.6 Å². The summed E-state index contributed by atoms with van der Waals surface area (Å²) in [6.07, 6.45) is 5.49. The monoisotopic (exact) mass is 359 g/mol. The number of aromatic nitrogens is 2. The molecule has 0 spiro atoms. The Hall–Kier alpha value is -1.50. The SMILES string of the molecule is C=CCNc1nc(C[NH+]2CCOCC2)nc2sc3c(c12)CC[C@H](C)C3. The quantitative estimate of drug-likeness (QED) is 0.800. The fourth-order valence-corrected chi connectivity index (χ4v) is 5.22. The molecule has 0 aromatic carbocycles. The van der Waals surface area contributed by atoms with Gasteiger partial charge in [-0.2, -0.15) is 0 Å². The highest BCUT2D eigenvalue weighted by Crippen LogP contribution is 2.39. The maximum absolute atomic E-state index is 5.47. The summed E-state index contributed by atoms with van der Waals surface area (Å²) in [6.45, 7) is 11.5. The Bertz CT molecular complexity index is 766. The summed E-state index contributed by atoms with van der Waals surface area (Å²) in [7, 11) is 0. The van der Waals surface area contributed by atoms with Crippen molar-refractivity contribution in [2.24, 2.45) is 5.92 Å². The van der Waals surface area contributed by atoms with Gasteiger partial charge >= 0.3 is 0 Å². The van der Waals surface area contributed by atoms with Gasteiger partial charge in [-0.25, -0.2) is 9.97 Å². The summed E-state index contributed by atoms with van der Waals surface area (Å²) in [4.78, 5) is 14.0. The van der Waals surface area contributed by atoms with Crippen LogP contribution < -0.4 is 10.2 Å². The molecule has 5 nitrogen and oxygen atoms in total. The number of nitrogens with zero attached hydrogens (tertiary/aromatic N) is 2. The molecule has 1 fully saturated rings. The van der Waals surface area contributed by atoms with Crippen LogP contribution in [-0.2, 0) is 24.1 Å². The number of hydrogen-bond donors (Lipinski definition) is 2. The predicted molar refractivity (Wildman–Crippen MR) is 103 cm³/mol. The molecule has 4 rings (SSSR count). The van der Waals surface area contributed by atoms with E-state index in [1.165, 1.54) is 33.6 Å². The third kappa shape index (κ3) is 3.57. The highest BCUT2D eigenvalue weighted by Gasteiger charge is 2.25. The Morgan fingerprint density at radius 2 is 2.20 bits per heavy atom. The van der Waals surface area contributed by atoms with E-state index in [4.69, 9.17) is 14.7 Å². The lowest BCUT2D eigenvalue weighted by Gasteiger charge is -2.23. The molecule has 0 saturated carbocycles. The van der Waals surface area contributed by atoms with Crippen molar-refractivity contribution in [1.29, 1.82) is 0 Å². The van der Waals surface area contributed by atoms with Gasteiger partial charge in [0.2, 0.25) is 0 Å². The minimum absolute atomic E-state index is 0.733. The van der Waals surface area contributed by atoms with Gasteiger partial charge in [0.15, 0.2) is 5.82 Å². The number of aryl methyl sites for hydroxylation is 1. The smallest absolute Gasteiger partial charge is 0.187 e. The summed E-state index contributed by atoms with van der Waals surface area (Å²) >= 11 is 1.88. The molecule has 0 unspecified atom stereocenters. The molecule has 0 radical (unpaired) electrons. The zero-order valence-electron chi connectivity index (χ0n) is 14.9. The molecule has 6 heteroatoms. The van der Waals surface area contributed by atoms with E-state index in [2.05, 4.69) is 18.8 Å². The fraction of sp³-hybridized carbons (Fsp3) is 0.579. The summed E-state index contributed by atoms with van der Waals surface area (Å²) in [6, 6.07) is 0. The average molecular weight is 360 g/mol. The van der Waals surface area contributed by atoms with Crippen LogP contribution in [0, 0.1) is 5.92 Å². The predicted octanol–water partition coefficient (Wildman–Crippen LogP) is 1.83. The van der Waals surface area contributed by atoms with E-state index in [0.29, 0.717) is 0 Å². The number of quaternary nitrogens is 1. The third-order valence-electron chi connectivity index (χ3n) is 5.22. The van der Waals surface area contributed by atoms with Gasteiger partial charge in [-0.15, -0.1) is 17.9 Å². The minimum atomic E-state index is 0.733. The number of thiophene rings is 1. The Kier molecular flexibility index (Phi) is 5.01. The van der Waals surface area contributed by atoms with Crippen molar-refractivity contribution < 1.29 is 9.64 Å². The van der Waals surface area contributed by atoms with Crippen molar-refractivity contribution in [1.82, 2.24) is 9.97 Å². The number of nitrogens with one attached hydrogen (secondary N) is 2. The zero-order valence-corrected chi connectivity index (χ0v) is 15.8. The molecule has 0 amide bonds. The topological polar surface area (TPSA) is 51.5 Å². The third-order valence-corrected chi connectivity index (χ3v) is 6.37. The molecule has 2 N–H and O–H groups in total. The van der Waals surface area contributed by atoms with Crippen LogP contribution >= 0.6 is 11.3 Å². The summed E-state index contributed by atoms with van der Waals surface area (Å²) in [5, 5.41) is 4.72. The summed E-state index contributed by atoms with van der Waals surface area (Å²) in [5.74, 6) is 2.72. The zero-order chi connectivity index (χ0) is 17.2. The van der Waals surface area contributed by atoms with Crippen LogP contribution in [0.15, 0.2) is 12.7 Å². The average Bonchev–Trinajstić information content (AvgIpc) is 2.97. The van der Waals surface area contributed by atoms with Gasteiger partial charge in [-0.05, 0) is 30.7 Å². The second-order valence-corrected chi connectivity index (χ2v) is 8.31. The number of rotatable bonds is 5. The first-order valence-corrected chi connectivity index (χ1v) is 10.1. The number of morpholine rings is 1. The molecule has 2 aromatic rings. The van der Waals surface area contributed by atoms with Gasteiger partial charge in [-0.1, -0.05) is 13.0 Å². The van der Waals surface area contributed by atoms with Crippen molar-refractivity contribution in [3.05, 3.63) is 28.9 Å². The van der Waals surface area contributed by atoms with E-state index >= 15 is 0 Å². The van der Waals surface area contributed by atoms with E-state index < -0.39 is 0 Å². The van der Waals surface area contributed by atoms with E-state index in [1.54, 1.807) is 0 Å². The normalized spacial score (nSPS) is 21.2. The first-order chi connectivity index (χ1) is 12.2. The van der Waals surface area contributed by atoms with Gasteiger partial charge in [0.05, 0.1) is 18.6 Å². The van der Waals surface area contributed by atoms with Crippen molar-refractivity contribution in [3.63, 3.8) is 0 Å². The van der Waals surface area contributed by atoms with Crippen molar-refractivity contribution >= 4 is 27.4 Å². The van der Waals surface area contributed by atoms with Crippen molar-refractivity contribution in [2.45, 2.75) is 32.7 Å². The maximum atomic E-state index is 5.47. The van der Waals surface area contributed by atoms with Gasteiger partial charge in [0.25, 0.3) is 0 Å². The molecule has 1 atom stereocenters. The van der Waals surface area contributed by atoms with E-state index in [-0.39, 0.29) is 0 Å². The van der Waals surface area contributed by atoms with Crippen molar-refractivity contribution in [3.8, 4) is 0 Å². The van der Waals surface area contributed by atoms with Gasteiger partial charge in [0, 0.05) is 11.4 Å². The Morgan fingerprint density at radius 1 is 1.36 bits per heavy atom. The number of hydrogen-bond acceptors (Lipinski definition) is 5. The molecular weight excluding hydrogens is 332 g/mol. The molecule has 3 heterocycles. The van der Waals surface area contributed by atoms with Crippen LogP contribution in [0.2, 0.25) is 0 Å². The highest BCUT2D eigenvalue weighted by atomic mass is 32.1. The number of fused-ring (bicyclic) bond motifs is 3. The Labute approximate surface area is 153 Å². The van der Waals surface area contributed by atoms with Gasteiger partial charge in [-0.3, -0.25) is 0 Å². The molecular formula is C19H27N4OS+. The van der Waals surface area contributed by atoms with Crippen molar-refractivity contribution in [2.75, 3.05) is 38.2 Å². The maximum Gasteiger partial charge on any atom is 0.187 e. The number of ether oxygens (including phenoxy) is 1. The lowest BCUT2D eigenvalue weighted by Crippen LogP contribution is -3.12. The molecule has 134 valence electrons. The standard InChI is InChI=1S/C19H26N4OS/c1-3-6-20-18-17-14-5-4-13(2)11-15(14)25-19(17)22-16(21-18)12-23-7-9-24-10-8-23/h3,13H,1,4-12H2,2H3,(H,20,21,22)/p+1/t13-/m0/s1. The Balaban J connectivity index is 1.71. The molecule has 2 aliphatic rings. The largest absolute Gasteiger partial charge is 0.370 e. The summed E-state index contributed by atoms with van der Waals surface area (Å²) in [5.41, 5.74) is 1.48. The van der Waals surface area contributed by atoms with Crippen LogP contribution in [0.5, 0.6) is 0 Å². The second kappa shape index (κ2) is 7.40. The van der Waals surface area contributed by atoms with Crippen LogP contribution in [0.25, 0.3) is 10.2 Å². The van der Waals surface area contributed by atoms with Crippen LogP contribution in [0.4, 0.5) is 5.82 Å². The molecule has 1 aliphatic carbocycles. The number of anilines is 1. The van der Waals surface area contributed by atoms with E-state index in [9.17, 15) is 0 Å². The van der Waals surface area contributed by atoms with Gasteiger partial charge < -0.3 is 15.0 Å². The lowest BCUT2D eigenvalue weighted by molar-refractivity contribution is -0.922. The fourth-order valence-electron chi connectivity index (χ4n) is 3.82. The minimum Gasteiger partial charge on any atom is -0.370 e. The second-order valence-electron chi connectivity index (χ2n) is 7.23. The highest BCUT2D eigenvalue weighted by molar-refractivity contribution is 7.19. The van der Waals surface area contributed by atoms with Crippen LogP contribution in [0.3, 0.4) is 0 Å². The molecule has 0 bridgehead atoms.